The van der Waals surface area contributed by atoms with Crippen molar-refractivity contribution in [3.8, 4) is 22.8 Å². The largest absolute Gasteiger partial charge is 0.503 e. The topological polar surface area (TPSA) is 80.1 Å². The van der Waals surface area contributed by atoms with Gasteiger partial charge in [-0.3, -0.25) is 4.79 Å². The van der Waals surface area contributed by atoms with Crippen LogP contribution in [0.15, 0.2) is 16.9 Å². The Hall–Kier alpha value is -2.90. The maximum absolute atomic E-state index is 14.3. The van der Waals surface area contributed by atoms with Crippen molar-refractivity contribution < 1.29 is 18.6 Å². The van der Waals surface area contributed by atoms with Crippen molar-refractivity contribution in [2.45, 2.75) is 20.4 Å². The van der Waals surface area contributed by atoms with E-state index in [-0.39, 0.29) is 16.8 Å². The van der Waals surface area contributed by atoms with Crippen LogP contribution >= 0.6 is 0 Å². The van der Waals surface area contributed by atoms with Crippen molar-refractivity contribution in [1.82, 2.24) is 14.8 Å². The lowest BCUT2D eigenvalue weighted by molar-refractivity contribution is 0.407. The van der Waals surface area contributed by atoms with Crippen molar-refractivity contribution in [3.63, 3.8) is 0 Å². The Morgan fingerprint density at radius 2 is 1.96 bits per heavy atom. The predicted molar refractivity (Wildman–Crippen MR) is 84.3 cm³/mol. The van der Waals surface area contributed by atoms with Gasteiger partial charge in [0.05, 0.1) is 29.4 Å². The number of hydrogen-bond donors (Lipinski definition) is 2. The zero-order chi connectivity index (χ0) is 17.6. The Morgan fingerprint density at radius 1 is 1.33 bits per heavy atom. The minimum Gasteiger partial charge on any atom is -0.503 e. The average molecular weight is 335 g/mol. The number of aryl methyl sites for hydroxylation is 2. The van der Waals surface area contributed by atoms with Crippen molar-refractivity contribution in [1.29, 1.82) is 0 Å². The van der Waals surface area contributed by atoms with Gasteiger partial charge >= 0.3 is 0 Å². The first-order valence-corrected chi connectivity index (χ1v) is 7.24. The van der Waals surface area contributed by atoms with E-state index in [0.717, 1.165) is 12.1 Å². The summed E-state index contributed by atoms with van der Waals surface area (Å²) in [5, 5.41) is 14.6. The Balaban J connectivity index is 2.40. The lowest BCUT2D eigenvalue weighted by atomic mass is 10.1. The molecule has 0 saturated heterocycles. The average Bonchev–Trinajstić information content (AvgIpc) is 2.87. The van der Waals surface area contributed by atoms with Crippen molar-refractivity contribution in [2.24, 2.45) is 0 Å². The van der Waals surface area contributed by atoms with E-state index in [4.69, 9.17) is 4.74 Å². The number of pyridine rings is 1. The minimum absolute atomic E-state index is 0.00823. The molecule has 2 heterocycles. The third kappa shape index (κ3) is 2.22. The maximum Gasteiger partial charge on any atom is 0.235 e. The number of rotatable bonds is 3. The number of nitrogens with one attached hydrogen (secondary N) is 1. The molecule has 0 fully saturated rings. The molecule has 2 N–H and O–H groups in total. The Kier molecular flexibility index (Phi) is 3.75. The van der Waals surface area contributed by atoms with Gasteiger partial charge in [0, 0.05) is 18.7 Å². The van der Waals surface area contributed by atoms with E-state index < -0.39 is 28.4 Å². The maximum atomic E-state index is 14.3. The summed E-state index contributed by atoms with van der Waals surface area (Å²) in [7, 11) is 1.28. The molecule has 0 bridgehead atoms. The summed E-state index contributed by atoms with van der Waals surface area (Å²) in [5.41, 5.74) is -0.882. The fourth-order valence-electron chi connectivity index (χ4n) is 2.71. The lowest BCUT2D eigenvalue weighted by Gasteiger charge is -2.10. The molecule has 0 spiro atoms. The summed E-state index contributed by atoms with van der Waals surface area (Å²) in [6, 6.07) is 1.95. The van der Waals surface area contributed by atoms with Gasteiger partial charge < -0.3 is 14.8 Å². The first-order chi connectivity index (χ1) is 11.4. The van der Waals surface area contributed by atoms with E-state index in [1.165, 1.54) is 11.8 Å². The number of benzene rings is 1. The first kappa shape index (κ1) is 16.0. The fourth-order valence-corrected chi connectivity index (χ4v) is 2.71. The molecule has 0 aliphatic carbocycles. The summed E-state index contributed by atoms with van der Waals surface area (Å²) in [5.74, 6) is -2.69. The van der Waals surface area contributed by atoms with Crippen LogP contribution in [0.1, 0.15) is 12.6 Å². The van der Waals surface area contributed by atoms with E-state index in [2.05, 4.69) is 10.1 Å². The molecule has 1 aromatic carbocycles. The number of aromatic hydroxyl groups is 1. The molecule has 8 heteroatoms. The van der Waals surface area contributed by atoms with Crippen LogP contribution in [0.25, 0.3) is 22.3 Å². The molecule has 126 valence electrons. The Labute approximate surface area is 135 Å². The first-order valence-electron chi connectivity index (χ1n) is 7.24. The molecule has 6 nitrogen and oxygen atoms in total. The third-order valence-electron chi connectivity index (χ3n) is 3.85. The van der Waals surface area contributed by atoms with Crippen LogP contribution in [0, 0.1) is 18.6 Å². The normalized spacial score (nSPS) is 11.2. The quantitative estimate of drug-likeness (QED) is 0.771. The van der Waals surface area contributed by atoms with Crippen LogP contribution in [-0.2, 0) is 6.54 Å². The number of aromatic amines is 1. The number of aromatic nitrogens is 3. The number of fused-ring (bicyclic) bond motifs is 1. The van der Waals surface area contributed by atoms with Gasteiger partial charge in [-0.25, -0.2) is 13.5 Å². The monoisotopic (exact) mass is 335 g/mol. The summed E-state index contributed by atoms with van der Waals surface area (Å²) >= 11 is 0. The Bertz CT molecular complexity index is 985. The molecule has 3 rings (SSSR count). The summed E-state index contributed by atoms with van der Waals surface area (Å²) in [6.07, 6.45) is 0. The molecule has 0 amide bonds. The smallest absolute Gasteiger partial charge is 0.235 e. The van der Waals surface area contributed by atoms with Gasteiger partial charge in [0.2, 0.25) is 5.43 Å². The molecule has 3 aromatic rings. The minimum atomic E-state index is -0.962. The highest BCUT2D eigenvalue weighted by Gasteiger charge is 2.23. The molecular weight excluding hydrogens is 320 g/mol. The predicted octanol–water partition coefficient (Wildman–Crippen LogP) is 2.71. The van der Waals surface area contributed by atoms with Crippen molar-refractivity contribution in [3.05, 3.63) is 39.7 Å². The second-order valence-electron chi connectivity index (χ2n) is 5.27. The van der Waals surface area contributed by atoms with Gasteiger partial charge in [-0.15, -0.1) is 0 Å². The zero-order valence-corrected chi connectivity index (χ0v) is 13.3. The van der Waals surface area contributed by atoms with Crippen LogP contribution in [-0.4, -0.2) is 27.0 Å². The second kappa shape index (κ2) is 5.63. The highest BCUT2D eigenvalue weighted by Crippen LogP contribution is 2.33. The van der Waals surface area contributed by atoms with Gasteiger partial charge in [0.15, 0.2) is 5.75 Å². The van der Waals surface area contributed by atoms with Crippen LogP contribution in [0.3, 0.4) is 0 Å². The molecular formula is C16H15F2N3O3. The molecule has 0 aliphatic rings. The van der Waals surface area contributed by atoms with E-state index in [0.29, 0.717) is 17.9 Å². The zero-order valence-electron chi connectivity index (χ0n) is 13.3. The number of H-pyrrole nitrogens is 1. The molecule has 0 radical (unpaired) electrons. The van der Waals surface area contributed by atoms with E-state index in [1.807, 2.05) is 6.92 Å². The van der Waals surface area contributed by atoms with E-state index >= 15 is 0 Å². The van der Waals surface area contributed by atoms with Gasteiger partial charge in [-0.1, -0.05) is 0 Å². The highest BCUT2D eigenvalue weighted by molar-refractivity contribution is 5.84. The number of nitrogens with zero attached hydrogens (tertiary/aromatic N) is 2. The highest BCUT2D eigenvalue weighted by atomic mass is 19.1. The Morgan fingerprint density at radius 3 is 2.50 bits per heavy atom. The number of halogens is 2. The van der Waals surface area contributed by atoms with Crippen LogP contribution in [0.5, 0.6) is 11.5 Å². The molecule has 0 saturated carbocycles. The van der Waals surface area contributed by atoms with Gasteiger partial charge in [0.25, 0.3) is 0 Å². The van der Waals surface area contributed by atoms with Crippen LogP contribution in [0.4, 0.5) is 8.78 Å². The van der Waals surface area contributed by atoms with E-state index in [1.54, 1.807) is 6.92 Å². The molecule has 0 atom stereocenters. The lowest BCUT2D eigenvalue weighted by Crippen LogP contribution is -2.08. The fraction of sp³-hybridized carbons (Fsp3) is 0.250. The number of methoxy groups -OCH3 is 1. The number of hydrogen-bond acceptors (Lipinski definition) is 4. The number of ether oxygens (including phenoxy) is 1. The standard InChI is InChI=1S/C16H15F2N3O3/c1-4-21-16-11(7(2)20-21)14(22)15(23)13(19-16)12-9(17)5-8(24-3)6-10(12)18/h5-6,23H,4H2,1-3H3,(H,19,22). The van der Waals surface area contributed by atoms with Crippen LogP contribution in [0.2, 0.25) is 0 Å². The molecule has 2 aromatic heterocycles. The summed E-state index contributed by atoms with van der Waals surface area (Å²) in [4.78, 5) is 15.2. The summed E-state index contributed by atoms with van der Waals surface area (Å²) < 4.78 is 34.9. The van der Waals surface area contributed by atoms with Gasteiger partial charge in [0.1, 0.15) is 23.0 Å². The van der Waals surface area contributed by atoms with Gasteiger partial charge in [-0.05, 0) is 13.8 Å². The second-order valence-corrected chi connectivity index (χ2v) is 5.27. The SMILES string of the molecule is CCn1nc(C)c2c(=O)c(O)c(-c3c(F)cc(OC)cc3F)[nH]c21. The molecule has 24 heavy (non-hydrogen) atoms. The third-order valence-corrected chi connectivity index (χ3v) is 3.85. The van der Waals surface area contributed by atoms with E-state index in [9.17, 15) is 18.7 Å². The van der Waals surface area contributed by atoms with Crippen molar-refractivity contribution in [2.75, 3.05) is 7.11 Å². The molecule has 0 aliphatic heterocycles. The van der Waals surface area contributed by atoms with Crippen LogP contribution < -0.4 is 10.2 Å². The molecule has 0 unspecified atom stereocenters. The van der Waals surface area contributed by atoms with Gasteiger partial charge in [-0.2, -0.15) is 5.10 Å². The van der Waals surface area contributed by atoms with Crippen molar-refractivity contribution >= 4 is 11.0 Å². The summed E-state index contributed by atoms with van der Waals surface area (Å²) in [6.45, 7) is 3.88.